The second-order valence-electron chi connectivity index (χ2n) is 9.55. The lowest BCUT2D eigenvalue weighted by Crippen LogP contribution is -2.45. The number of unbranched alkanes of at least 4 members (excludes halogenated alkanes) is 2. The van der Waals surface area contributed by atoms with E-state index in [0.29, 0.717) is 12.8 Å². The smallest absolute Gasteiger partial charge is 0.220 e. The zero-order valence-electron chi connectivity index (χ0n) is 22.2. The summed E-state index contributed by atoms with van der Waals surface area (Å²) in [5.41, 5.74) is 3.59. The average molecular weight is 524 g/mol. The van der Waals surface area contributed by atoms with E-state index in [0.717, 1.165) is 41.5 Å². The van der Waals surface area contributed by atoms with Gasteiger partial charge in [0.25, 0.3) is 0 Å². The van der Waals surface area contributed by atoms with Crippen LogP contribution < -0.4 is 5.32 Å². The molecule has 0 bridgehead atoms. The Kier molecular flexibility index (Phi) is 10.3. The van der Waals surface area contributed by atoms with Gasteiger partial charge in [0.2, 0.25) is 7.37 Å². The predicted molar refractivity (Wildman–Crippen MR) is 160 cm³/mol. The molecule has 0 amide bonds. The van der Waals surface area contributed by atoms with Gasteiger partial charge in [-0.1, -0.05) is 153 Å². The molecule has 4 aromatic rings. The fraction of sp³-hybridized carbons (Fsp3) is 0.235. The highest BCUT2D eigenvalue weighted by Crippen LogP contribution is 2.49. The van der Waals surface area contributed by atoms with Crippen LogP contribution in [0.5, 0.6) is 0 Å². The summed E-state index contributed by atoms with van der Waals surface area (Å²) < 4.78 is 20.7. The summed E-state index contributed by atoms with van der Waals surface area (Å²) in [6.45, 7) is 2.50. The number of allylic oxidation sites excluding steroid dienone is 2. The molecule has 0 aliphatic heterocycles. The Balaban J connectivity index is 1.71. The quantitative estimate of drug-likeness (QED) is 0.0777. The summed E-state index contributed by atoms with van der Waals surface area (Å²) >= 11 is 0. The third kappa shape index (κ3) is 7.20. The lowest BCUT2D eigenvalue weighted by molar-refractivity contribution is 0.299. The fourth-order valence-electron chi connectivity index (χ4n) is 4.71. The molecule has 4 heteroatoms. The van der Waals surface area contributed by atoms with Crippen molar-refractivity contribution in [1.29, 1.82) is 0 Å². The molecule has 196 valence electrons. The SMILES string of the molecule is CCCC/C=C/CP(=O)(CNC(c1ccccc1)(c1ccccc1)c1ccccc1)OCc1ccccc1. The van der Waals surface area contributed by atoms with Gasteiger partial charge in [-0.2, -0.15) is 0 Å². The van der Waals surface area contributed by atoms with Crippen LogP contribution in [0.25, 0.3) is 0 Å². The van der Waals surface area contributed by atoms with E-state index >= 15 is 0 Å². The standard InChI is InChI=1S/C34H38NO2P/c1-2-3-4-5-18-27-38(36,37-28-30-19-10-6-11-20-30)29-35-34(31-21-12-7-13-22-31,32-23-14-8-15-24-32)33-25-16-9-17-26-33/h5-26,35H,2-4,27-29H2,1H3/b18-5+. The lowest BCUT2D eigenvalue weighted by atomic mass is 9.77. The van der Waals surface area contributed by atoms with Gasteiger partial charge in [-0.05, 0) is 28.7 Å². The normalized spacial score (nSPS) is 13.4. The minimum Gasteiger partial charge on any atom is -0.323 e. The number of benzene rings is 4. The molecule has 3 nitrogen and oxygen atoms in total. The molecule has 4 rings (SSSR count). The molecule has 38 heavy (non-hydrogen) atoms. The molecule has 1 unspecified atom stereocenters. The number of nitrogens with one attached hydrogen (secondary N) is 1. The summed E-state index contributed by atoms with van der Waals surface area (Å²) in [5.74, 6) is 0. The summed E-state index contributed by atoms with van der Waals surface area (Å²) in [5, 5.41) is 3.79. The molecule has 0 saturated heterocycles. The Morgan fingerprint density at radius 2 is 1.18 bits per heavy atom. The molecule has 4 aromatic carbocycles. The maximum atomic E-state index is 14.4. The first-order valence-electron chi connectivity index (χ1n) is 13.5. The van der Waals surface area contributed by atoms with Crippen LogP contribution in [0.1, 0.15) is 48.4 Å². The Morgan fingerprint density at radius 1 is 0.711 bits per heavy atom. The third-order valence-corrected chi connectivity index (χ3v) is 8.80. The zero-order valence-corrected chi connectivity index (χ0v) is 23.1. The second-order valence-corrected chi connectivity index (χ2v) is 12.1. The highest BCUT2D eigenvalue weighted by atomic mass is 31.2. The third-order valence-electron chi connectivity index (χ3n) is 6.79. The number of rotatable bonds is 14. The molecule has 0 aliphatic rings. The van der Waals surface area contributed by atoms with Crippen molar-refractivity contribution in [3.05, 3.63) is 156 Å². The maximum absolute atomic E-state index is 14.4. The van der Waals surface area contributed by atoms with Crippen LogP contribution in [-0.2, 0) is 21.2 Å². The van der Waals surface area contributed by atoms with Crippen molar-refractivity contribution < 1.29 is 9.09 Å². The second kappa shape index (κ2) is 14.1. The van der Waals surface area contributed by atoms with Crippen molar-refractivity contribution in [3.63, 3.8) is 0 Å². The zero-order chi connectivity index (χ0) is 26.5. The van der Waals surface area contributed by atoms with Gasteiger partial charge >= 0.3 is 0 Å². The van der Waals surface area contributed by atoms with Crippen LogP contribution in [0.15, 0.2) is 133 Å². The van der Waals surface area contributed by atoms with Crippen molar-refractivity contribution in [2.24, 2.45) is 0 Å². The molecular formula is C34H38NO2P. The predicted octanol–water partition coefficient (Wildman–Crippen LogP) is 8.77. The van der Waals surface area contributed by atoms with Gasteiger partial charge in [0.1, 0.15) is 0 Å². The van der Waals surface area contributed by atoms with Crippen molar-refractivity contribution in [2.75, 3.05) is 12.4 Å². The van der Waals surface area contributed by atoms with Gasteiger partial charge in [-0.15, -0.1) is 0 Å². The van der Waals surface area contributed by atoms with E-state index in [1.54, 1.807) is 0 Å². The van der Waals surface area contributed by atoms with E-state index in [2.05, 4.69) is 91.1 Å². The van der Waals surface area contributed by atoms with Crippen molar-refractivity contribution >= 4 is 7.37 Å². The van der Waals surface area contributed by atoms with Gasteiger partial charge in [0.15, 0.2) is 0 Å². The van der Waals surface area contributed by atoms with Gasteiger partial charge in [0.05, 0.1) is 18.4 Å². The molecule has 1 N–H and O–H groups in total. The molecular weight excluding hydrogens is 485 g/mol. The van der Waals surface area contributed by atoms with Gasteiger partial charge in [0, 0.05) is 6.16 Å². The molecule has 1 atom stereocenters. The summed E-state index contributed by atoms with van der Waals surface area (Å²) in [7, 11) is -3.09. The number of hydrogen-bond acceptors (Lipinski definition) is 3. The Labute approximate surface area is 228 Å². The van der Waals surface area contributed by atoms with Crippen LogP contribution in [0.2, 0.25) is 0 Å². The lowest BCUT2D eigenvalue weighted by Gasteiger charge is -2.38. The molecule has 0 saturated carbocycles. The van der Waals surface area contributed by atoms with Gasteiger partial charge < -0.3 is 4.52 Å². The molecule has 0 radical (unpaired) electrons. The van der Waals surface area contributed by atoms with E-state index in [-0.39, 0.29) is 6.29 Å². The monoisotopic (exact) mass is 523 g/mol. The maximum Gasteiger partial charge on any atom is 0.220 e. The topological polar surface area (TPSA) is 38.3 Å². The highest BCUT2D eigenvalue weighted by Gasteiger charge is 2.38. The molecule has 0 heterocycles. The Bertz CT molecular complexity index is 1200. The molecule has 0 aromatic heterocycles. The first kappa shape index (κ1) is 27.8. The van der Waals surface area contributed by atoms with E-state index in [1.165, 1.54) is 0 Å². The van der Waals surface area contributed by atoms with Crippen molar-refractivity contribution in [3.8, 4) is 0 Å². The Morgan fingerprint density at radius 3 is 1.66 bits per heavy atom. The summed E-state index contributed by atoms with van der Waals surface area (Å²) in [4.78, 5) is 0. The van der Waals surface area contributed by atoms with E-state index in [9.17, 15) is 4.57 Å². The molecule has 0 spiro atoms. The van der Waals surface area contributed by atoms with E-state index in [1.807, 2.05) is 54.6 Å². The van der Waals surface area contributed by atoms with Crippen molar-refractivity contribution in [2.45, 2.75) is 38.3 Å². The average Bonchev–Trinajstić information content (AvgIpc) is 2.99. The van der Waals surface area contributed by atoms with Crippen LogP contribution >= 0.6 is 7.37 Å². The van der Waals surface area contributed by atoms with Crippen LogP contribution in [0.4, 0.5) is 0 Å². The van der Waals surface area contributed by atoms with Gasteiger partial charge in [-0.25, -0.2) is 0 Å². The van der Waals surface area contributed by atoms with Crippen LogP contribution in [-0.4, -0.2) is 12.4 Å². The van der Waals surface area contributed by atoms with E-state index in [4.69, 9.17) is 4.52 Å². The minimum atomic E-state index is -3.09. The van der Waals surface area contributed by atoms with Crippen LogP contribution in [0, 0.1) is 0 Å². The van der Waals surface area contributed by atoms with Gasteiger partial charge in [-0.3, -0.25) is 9.88 Å². The first-order chi connectivity index (χ1) is 18.7. The Hall–Kier alpha value is -3.23. The largest absolute Gasteiger partial charge is 0.323 e. The first-order valence-corrected chi connectivity index (χ1v) is 15.5. The summed E-state index contributed by atoms with van der Waals surface area (Å²) in [6.07, 6.45) is 8.07. The number of hydrogen-bond donors (Lipinski definition) is 1. The van der Waals surface area contributed by atoms with Crippen molar-refractivity contribution in [1.82, 2.24) is 5.32 Å². The van der Waals surface area contributed by atoms with E-state index < -0.39 is 12.9 Å². The fourth-order valence-corrected chi connectivity index (χ4v) is 6.37. The minimum absolute atomic E-state index is 0.233. The summed E-state index contributed by atoms with van der Waals surface area (Å²) in [6, 6.07) is 41.2. The van der Waals surface area contributed by atoms with Crippen LogP contribution in [0.3, 0.4) is 0 Å². The molecule has 0 fully saturated rings. The molecule has 0 aliphatic carbocycles. The highest BCUT2D eigenvalue weighted by molar-refractivity contribution is 7.59.